The standard InChI is InChI=1S/C22H24N4O3/c27-12-11-24-7-9-25(10-8-24)17-5-4-16-13-19(22(28)29-21(16)15-17)20-14-18-3-1-2-6-26(18)23-20/h1-6,14-15,19,27H,7-13H2. The van der Waals surface area contributed by atoms with Gasteiger partial charge >= 0.3 is 5.97 Å². The van der Waals surface area contributed by atoms with Crippen molar-refractivity contribution in [2.45, 2.75) is 12.3 Å². The van der Waals surface area contributed by atoms with Gasteiger partial charge in [-0.05, 0) is 36.2 Å². The van der Waals surface area contributed by atoms with Crippen molar-refractivity contribution in [1.29, 1.82) is 0 Å². The lowest BCUT2D eigenvalue weighted by Gasteiger charge is -2.36. The lowest BCUT2D eigenvalue weighted by molar-refractivity contribution is -0.137. The number of hydrogen-bond donors (Lipinski definition) is 1. The number of fused-ring (bicyclic) bond motifs is 2. The van der Waals surface area contributed by atoms with E-state index in [1.54, 1.807) is 4.52 Å². The number of anilines is 1. The summed E-state index contributed by atoms with van der Waals surface area (Å²) in [5.74, 6) is 0.0337. The Morgan fingerprint density at radius 3 is 2.76 bits per heavy atom. The minimum Gasteiger partial charge on any atom is -0.426 e. The number of aliphatic hydroxyl groups is 1. The largest absolute Gasteiger partial charge is 0.426 e. The Hall–Kier alpha value is -2.90. The Morgan fingerprint density at radius 2 is 1.97 bits per heavy atom. The van der Waals surface area contributed by atoms with E-state index >= 15 is 0 Å². The zero-order valence-electron chi connectivity index (χ0n) is 16.2. The molecule has 1 aromatic carbocycles. The number of aliphatic hydroxyl groups excluding tert-OH is 1. The molecule has 5 rings (SSSR count). The summed E-state index contributed by atoms with van der Waals surface area (Å²) < 4.78 is 7.52. The Morgan fingerprint density at radius 1 is 1.10 bits per heavy atom. The van der Waals surface area contributed by atoms with Crippen molar-refractivity contribution in [2.24, 2.45) is 0 Å². The summed E-state index contributed by atoms with van der Waals surface area (Å²) in [4.78, 5) is 17.3. The number of pyridine rings is 1. The fourth-order valence-corrected chi connectivity index (χ4v) is 4.21. The van der Waals surface area contributed by atoms with Gasteiger partial charge in [-0.1, -0.05) is 12.1 Å². The molecule has 0 bridgehead atoms. The van der Waals surface area contributed by atoms with Gasteiger partial charge in [-0.2, -0.15) is 5.10 Å². The third-order valence-electron chi connectivity index (χ3n) is 5.87. The van der Waals surface area contributed by atoms with E-state index in [0.717, 1.165) is 55.2 Å². The number of β-amino-alcohol motifs (C(OH)–C–C–N with tert-alkyl or cyclic N) is 1. The first kappa shape index (κ1) is 18.1. The zero-order valence-corrected chi connectivity index (χ0v) is 16.2. The highest BCUT2D eigenvalue weighted by atomic mass is 16.5. The molecule has 1 unspecified atom stereocenters. The van der Waals surface area contributed by atoms with Gasteiger partial charge in [0.25, 0.3) is 0 Å². The van der Waals surface area contributed by atoms with Crippen LogP contribution in [0.25, 0.3) is 5.52 Å². The first-order valence-corrected chi connectivity index (χ1v) is 10.1. The summed E-state index contributed by atoms with van der Waals surface area (Å²) in [5.41, 5.74) is 3.83. The Bertz CT molecular complexity index is 1010. The second-order valence-corrected chi connectivity index (χ2v) is 7.66. The first-order chi connectivity index (χ1) is 14.2. The fraction of sp³-hybridized carbons (Fsp3) is 0.364. The van der Waals surface area contributed by atoms with E-state index in [-0.39, 0.29) is 18.5 Å². The highest BCUT2D eigenvalue weighted by Gasteiger charge is 2.32. The fourth-order valence-electron chi connectivity index (χ4n) is 4.21. The van der Waals surface area contributed by atoms with Gasteiger partial charge in [-0.3, -0.25) is 9.69 Å². The second-order valence-electron chi connectivity index (χ2n) is 7.66. The molecule has 1 N–H and O–H groups in total. The van der Waals surface area contributed by atoms with Gasteiger partial charge in [0.2, 0.25) is 0 Å². The van der Waals surface area contributed by atoms with E-state index in [1.807, 2.05) is 36.5 Å². The molecular weight excluding hydrogens is 368 g/mol. The minimum atomic E-state index is -0.379. The van der Waals surface area contributed by atoms with Gasteiger partial charge in [0.15, 0.2) is 0 Å². The number of nitrogens with zero attached hydrogens (tertiary/aromatic N) is 4. The van der Waals surface area contributed by atoms with Crippen LogP contribution in [0.15, 0.2) is 48.7 Å². The monoisotopic (exact) mass is 392 g/mol. The normalized spacial score (nSPS) is 20.0. The van der Waals surface area contributed by atoms with Crippen molar-refractivity contribution in [3.05, 3.63) is 59.9 Å². The van der Waals surface area contributed by atoms with Crippen LogP contribution in [-0.4, -0.2) is 64.9 Å². The molecule has 1 atom stereocenters. The third-order valence-corrected chi connectivity index (χ3v) is 5.87. The van der Waals surface area contributed by atoms with Crippen LogP contribution in [0.5, 0.6) is 5.75 Å². The Kier molecular flexibility index (Phi) is 4.69. The number of aromatic nitrogens is 2. The lowest BCUT2D eigenvalue weighted by Crippen LogP contribution is -2.47. The molecule has 2 aliphatic rings. The summed E-state index contributed by atoms with van der Waals surface area (Å²) >= 11 is 0. The van der Waals surface area contributed by atoms with Gasteiger partial charge in [-0.25, -0.2) is 4.52 Å². The molecule has 0 spiro atoms. The molecule has 2 aliphatic heterocycles. The van der Waals surface area contributed by atoms with Crippen molar-refractivity contribution >= 4 is 17.2 Å². The third kappa shape index (κ3) is 3.47. The van der Waals surface area contributed by atoms with Crippen LogP contribution < -0.4 is 9.64 Å². The highest BCUT2D eigenvalue weighted by Crippen LogP contribution is 2.36. The molecular formula is C22H24N4O3. The van der Waals surface area contributed by atoms with Crippen LogP contribution in [0.4, 0.5) is 5.69 Å². The van der Waals surface area contributed by atoms with E-state index < -0.39 is 0 Å². The lowest BCUT2D eigenvalue weighted by atomic mass is 9.93. The number of carbonyl (C=O) groups is 1. The number of hydrogen-bond acceptors (Lipinski definition) is 6. The summed E-state index contributed by atoms with van der Waals surface area (Å²) in [6.07, 6.45) is 2.48. The van der Waals surface area contributed by atoms with Gasteiger partial charge in [0.05, 0.1) is 17.8 Å². The molecule has 150 valence electrons. The minimum absolute atomic E-state index is 0.197. The summed E-state index contributed by atoms with van der Waals surface area (Å²) in [7, 11) is 0. The SMILES string of the molecule is O=C1Oc2cc(N3CCN(CCO)CC3)ccc2CC1c1cc2ccccn2n1. The van der Waals surface area contributed by atoms with Crippen LogP contribution in [0.2, 0.25) is 0 Å². The van der Waals surface area contributed by atoms with Crippen LogP contribution in [-0.2, 0) is 11.2 Å². The average molecular weight is 392 g/mol. The van der Waals surface area contributed by atoms with Crippen molar-refractivity contribution in [3.8, 4) is 5.75 Å². The Labute approximate surface area is 169 Å². The number of ether oxygens (including phenoxy) is 1. The molecule has 29 heavy (non-hydrogen) atoms. The molecule has 0 amide bonds. The van der Waals surface area contributed by atoms with Crippen molar-refractivity contribution in [3.63, 3.8) is 0 Å². The number of benzene rings is 1. The average Bonchev–Trinajstić information content (AvgIpc) is 3.17. The van der Waals surface area contributed by atoms with E-state index in [4.69, 9.17) is 9.84 Å². The van der Waals surface area contributed by atoms with E-state index in [0.29, 0.717) is 12.2 Å². The maximum Gasteiger partial charge on any atom is 0.320 e. The topological polar surface area (TPSA) is 70.3 Å². The van der Waals surface area contributed by atoms with Gasteiger partial charge < -0.3 is 14.7 Å². The molecule has 3 aromatic rings. The zero-order chi connectivity index (χ0) is 19.8. The molecule has 7 heteroatoms. The number of carbonyl (C=O) groups excluding carboxylic acids is 1. The number of rotatable bonds is 4. The van der Waals surface area contributed by atoms with Crippen LogP contribution in [0.3, 0.4) is 0 Å². The molecule has 4 heterocycles. The summed E-state index contributed by atoms with van der Waals surface area (Å²) in [5, 5.41) is 13.7. The van der Waals surface area contributed by atoms with Crippen LogP contribution in [0.1, 0.15) is 17.2 Å². The van der Waals surface area contributed by atoms with E-state index in [1.165, 1.54) is 0 Å². The maximum atomic E-state index is 12.7. The molecule has 0 saturated carbocycles. The quantitative estimate of drug-likeness (QED) is 0.538. The molecule has 2 aromatic heterocycles. The molecule has 0 aliphatic carbocycles. The number of esters is 1. The second kappa shape index (κ2) is 7.50. The molecule has 7 nitrogen and oxygen atoms in total. The van der Waals surface area contributed by atoms with Gasteiger partial charge in [-0.15, -0.1) is 0 Å². The van der Waals surface area contributed by atoms with Crippen LogP contribution in [0, 0.1) is 0 Å². The van der Waals surface area contributed by atoms with Crippen LogP contribution >= 0.6 is 0 Å². The van der Waals surface area contributed by atoms with Gasteiger partial charge in [0, 0.05) is 50.7 Å². The molecule has 0 radical (unpaired) electrons. The number of piperazine rings is 1. The predicted molar refractivity (Wildman–Crippen MR) is 109 cm³/mol. The molecule has 1 fully saturated rings. The van der Waals surface area contributed by atoms with Crippen molar-refractivity contribution in [2.75, 3.05) is 44.2 Å². The van der Waals surface area contributed by atoms with E-state index in [2.05, 4.69) is 27.0 Å². The van der Waals surface area contributed by atoms with Crippen molar-refractivity contribution in [1.82, 2.24) is 14.5 Å². The highest BCUT2D eigenvalue weighted by molar-refractivity contribution is 5.83. The first-order valence-electron chi connectivity index (χ1n) is 10.1. The summed E-state index contributed by atoms with van der Waals surface area (Å²) in [6.45, 7) is 4.57. The smallest absolute Gasteiger partial charge is 0.320 e. The van der Waals surface area contributed by atoms with E-state index in [9.17, 15) is 4.79 Å². The summed E-state index contributed by atoms with van der Waals surface area (Å²) in [6, 6.07) is 14.0. The van der Waals surface area contributed by atoms with Crippen molar-refractivity contribution < 1.29 is 14.6 Å². The van der Waals surface area contributed by atoms with Gasteiger partial charge in [0.1, 0.15) is 11.7 Å². The predicted octanol–water partition coefficient (Wildman–Crippen LogP) is 1.69. The Balaban J connectivity index is 1.34. The maximum absolute atomic E-state index is 12.7. The molecule has 1 saturated heterocycles.